The number of amides is 1. The van der Waals surface area contributed by atoms with E-state index in [0.29, 0.717) is 29.1 Å². The first-order valence-electron chi connectivity index (χ1n) is 11.7. The zero-order valence-electron chi connectivity index (χ0n) is 19.1. The molecule has 1 aliphatic carbocycles. The van der Waals surface area contributed by atoms with Crippen LogP contribution in [0, 0.1) is 28.8 Å². The predicted molar refractivity (Wildman–Crippen MR) is 120 cm³/mol. The molecule has 6 nitrogen and oxygen atoms in total. The zero-order chi connectivity index (χ0) is 24.5. The first kappa shape index (κ1) is 21.8. The predicted octanol–water partition coefficient (Wildman–Crippen LogP) is 4.75. The molecule has 2 aliphatic heterocycles. The third-order valence-corrected chi connectivity index (χ3v) is 7.63. The quantitative estimate of drug-likeness (QED) is 0.511. The van der Waals surface area contributed by atoms with Crippen LogP contribution in [-0.2, 0) is 18.9 Å². The van der Waals surface area contributed by atoms with Gasteiger partial charge in [-0.15, -0.1) is 0 Å². The minimum atomic E-state index is -1.50. The van der Waals surface area contributed by atoms with Crippen LogP contribution in [0.15, 0.2) is 30.5 Å². The van der Waals surface area contributed by atoms with Crippen molar-refractivity contribution >= 4 is 5.91 Å². The summed E-state index contributed by atoms with van der Waals surface area (Å²) < 4.78 is 43.1. The van der Waals surface area contributed by atoms with Crippen molar-refractivity contribution in [1.29, 1.82) is 5.26 Å². The Morgan fingerprint density at radius 3 is 2.54 bits per heavy atom. The van der Waals surface area contributed by atoms with Crippen LogP contribution < -0.4 is 0 Å². The maximum atomic E-state index is 14.0. The molecule has 0 radical (unpaired) electrons. The van der Waals surface area contributed by atoms with Crippen molar-refractivity contribution in [3.63, 3.8) is 0 Å². The second-order valence-corrected chi connectivity index (χ2v) is 9.73. The van der Waals surface area contributed by atoms with Gasteiger partial charge < -0.3 is 4.90 Å². The van der Waals surface area contributed by atoms with Gasteiger partial charge in [0.2, 0.25) is 0 Å². The number of aromatic nitrogens is 3. The van der Waals surface area contributed by atoms with Crippen molar-refractivity contribution in [1.82, 2.24) is 19.7 Å². The van der Waals surface area contributed by atoms with Gasteiger partial charge in [0, 0.05) is 30.4 Å². The van der Waals surface area contributed by atoms with Crippen LogP contribution in [0.1, 0.15) is 65.5 Å². The molecular weight excluding hydrogens is 455 g/mol. The normalized spacial score (nSPS) is 21.9. The fourth-order valence-corrected chi connectivity index (χ4v) is 5.70. The highest BCUT2D eigenvalue weighted by molar-refractivity contribution is 5.95. The van der Waals surface area contributed by atoms with E-state index in [2.05, 4.69) is 16.2 Å². The zero-order valence-corrected chi connectivity index (χ0v) is 19.1. The molecule has 9 heteroatoms. The molecule has 1 amide bonds. The summed E-state index contributed by atoms with van der Waals surface area (Å²) in [5.41, 5.74) is 2.97. The summed E-state index contributed by atoms with van der Waals surface area (Å²) in [6.45, 7) is 0. The Kier molecular flexibility index (Phi) is 4.78. The van der Waals surface area contributed by atoms with Gasteiger partial charge in [0.05, 0.1) is 40.2 Å². The maximum absolute atomic E-state index is 14.0. The molecule has 178 valence electrons. The SMILES string of the molecule is Cn1nc2c(c1-c1cc(F)c(F)c(F)c1)C[C@H]1CCC[C@@H]2N1C(=O)c1ccc(C2(C#N)CC2)nc1. The number of nitriles is 1. The van der Waals surface area contributed by atoms with Gasteiger partial charge in [-0.1, -0.05) is 0 Å². The number of aryl methyl sites for hydroxylation is 1. The number of hydrogen-bond donors (Lipinski definition) is 0. The molecule has 0 N–H and O–H groups in total. The molecule has 2 atom stereocenters. The standard InChI is InChI=1S/C26H22F3N5O/c1-33-24(15-9-18(27)22(29)19(28)10-15)17-11-16-3-2-4-20(23(17)32-33)34(16)25(35)14-5-6-21(31-12-14)26(13-30)7-8-26/h5-6,9-10,12,16,20H,2-4,7-8,11H2,1H3/t16-,20+/m1/s1. The van der Waals surface area contributed by atoms with E-state index in [1.54, 1.807) is 30.1 Å². The molecule has 1 saturated heterocycles. The van der Waals surface area contributed by atoms with Gasteiger partial charge in [0.15, 0.2) is 17.5 Å². The molecule has 2 bridgehead atoms. The van der Waals surface area contributed by atoms with E-state index in [4.69, 9.17) is 0 Å². The molecule has 1 saturated carbocycles. The average molecular weight is 477 g/mol. The van der Waals surface area contributed by atoms with Gasteiger partial charge in [-0.3, -0.25) is 14.5 Å². The first-order chi connectivity index (χ1) is 16.8. The summed E-state index contributed by atoms with van der Waals surface area (Å²) in [6.07, 6.45) is 6.07. The van der Waals surface area contributed by atoms with Gasteiger partial charge in [-0.05, 0) is 62.8 Å². The van der Waals surface area contributed by atoms with Gasteiger partial charge >= 0.3 is 0 Å². The molecule has 4 heterocycles. The van der Waals surface area contributed by atoms with Crippen LogP contribution in [0.25, 0.3) is 11.3 Å². The third kappa shape index (κ3) is 3.27. The third-order valence-electron chi connectivity index (χ3n) is 7.63. The molecule has 1 aromatic carbocycles. The van der Waals surface area contributed by atoms with E-state index in [-0.39, 0.29) is 23.6 Å². The first-order valence-corrected chi connectivity index (χ1v) is 11.7. The van der Waals surface area contributed by atoms with Crippen molar-refractivity contribution in [3.8, 4) is 17.3 Å². The number of rotatable bonds is 3. The molecule has 0 spiro atoms. The van der Waals surface area contributed by atoms with Crippen molar-refractivity contribution in [2.45, 2.75) is 56.0 Å². The van der Waals surface area contributed by atoms with Crippen LogP contribution in [0.2, 0.25) is 0 Å². The number of piperidine rings is 1. The molecule has 3 aromatic rings. The van der Waals surface area contributed by atoms with E-state index in [1.807, 2.05) is 4.90 Å². The Morgan fingerprint density at radius 2 is 1.91 bits per heavy atom. The number of carbonyl (C=O) groups is 1. The van der Waals surface area contributed by atoms with E-state index in [9.17, 15) is 23.2 Å². The lowest BCUT2D eigenvalue weighted by Crippen LogP contribution is -2.49. The summed E-state index contributed by atoms with van der Waals surface area (Å²) >= 11 is 0. The summed E-state index contributed by atoms with van der Waals surface area (Å²) in [5, 5.41) is 14.1. The van der Waals surface area contributed by atoms with Crippen molar-refractivity contribution < 1.29 is 18.0 Å². The molecule has 3 aliphatic rings. The summed E-state index contributed by atoms with van der Waals surface area (Å²) in [7, 11) is 1.69. The lowest BCUT2D eigenvalue weighted by atomic mass is 9.81. The number of pyridine rings is 1. The Hall–Kier alpha value is -3.67. The van der Waals surface area contributed by atoms with Crippen LogP contribution in [-0.4, -0.2) is 31.6 Å². The van der Waals surface area contributed by atoms with E-state index in [1.165, 1.54) is 0 Å². The van der Waals surface area contributed by atoms with Gasteiger partial charge in [0.25, 0.3) is 5.91 Å². The molecule has 6 rings (SSSR count). The van der Waals surface area contributed by atoms with E-state index >= 15 is 0 Å². The van der Waals surface area contributed by atoms with Gasteiger partial charge in [0.1, 0.15) is 0 Å². The maximum Gasteiger partial charge on any atom is 0.256 e. The van der Waals surface area contributed by atoms with E-state index in [0.717, 1.165) is 49.8 Å². The highest BCUT2D eigenvalue weighted by Crippen LogP contribution is 2.47. The summed E-state index contributed by atoms with van der Waals surface area (Å²) in [4.78, 5) is 19.9. The van der Waals surface area contributed by atoms with Crippen molar-refractivity contribution in [3.05, 3.63) is 70.4 Å². The average Bonchev–Trinajstić information content (AvgIpc) is 3.59. The minimum absolute atomic E-state index is 0.0969. The highest BCUT2D eigenvalue weighted by Gasteiger charge is 2.47. The van der Waals surface area contributed by atoms with Crippen LogP contribution in [0.3, 0.4) is 0 Å². The minimum Gasteiger partial charge on any atom is -0.327 e. The lowest BCUT2D eigenvalue weighted by molar-refractivity contribution is 0.0391. The number of fused-ring (bicyclic) bond motifs is 4. The summed E-state index contributed by atoms with van der Waals surface area (Å²) in [6, 6.07) is 7.44. The van der Waals surface area contributed by atoms with E-state index < -0.39 is 22.9 Å². The van der Waals surface area contributed by atoms with Crippen LogP contribution in [0.4, 0.5) is 13.2 Å². The monoisotopic (exact) mass is 477 g/mol. The van der Waals surface area contributed by atoms with Crippen molar-refractivity contribution in [2.75, 3.05) is 0 Å². The Labute approximate surface area is 200 Å². The highest BCUT2D eigenvalue weighted by atomic mass is 19.2. The number of carbonyl (C=O) groups excluding carboxylic acids is 1. The smallest absolute Gasteiger partial charge is 0.256 e. The Balaban J connectivity index is 1.36. The second-order valence-electron chi connectivity index (χ2n) is 9.73. The van der Waals surface area contributed by atoms with Crippen molar-refractivity contribution in [2.24, 2.45) is 7.05 Å². The number of hydrogen-bond acceptors (Lipinski definition) is 4. The number of nitrogens with zero attached hydrogens (tertiary/aromatic N) is 5. The second kappa shape index (κ2) is 7.67. The molecule has 0 unspecified atom stereocenters. The molecular formula is C26H22F3N5O. The number of halogens is 3. The fraction of sp³-hybridized carbons (Fsp3) is 0.385. The Bertz CT molecular complexity index is 1380. The molecule has 2 fully saturated rings. The number of benzene rings is 1. The van der Waals surface area contributed by atoms with Crippen LogP contribution >= 0.6 is 0 Å². The molecule has 35 heavy (non-hydrogen) atoms. The van der Waals surface area contributed by atoms with Crippen LogP contribution in [0.5, 0.6) is 0 Å². The molecule has 2 aromatic heterocycles. The van der Waals surface area contributed by atoms with Gasteiger partial charge in [-0.2, -0.15) is 10.4 Å². The fourth-order valence-electron chi connectivity index (χ4n) is 5.70. The van der Waals surface area contributed by atoms with Gasteiger partial charge in [-0.25, -0.2) is 13.2 Å². The topological polar surface area (TPSA) is 74.8 Å². The largest absolute Gasteiger partial charge is 0.327 e. The Morgan fingerprint density at radius 1 is 1.17 bits per heavy atom. The lowest BCUT2D eigenvalue weighted by Gasteiger charge is -2.45. The summed E-state index contributed by atoms with van der Waals surface area (Å²) in [5.74, 6) is -4.14.